The molecule has 17 heavy (non-hydrogen) atoms. The quantitative estimate of drug-likeness (QED) is 0.595. The summed E-state index contributed by atoms with van der Waals surface area (Å²) in [5, 5.41) is 0.501. The highest BCUT2D eigenvalue weighted by Crippen LogP contribution is 2.66. The Kier molecular flexibility index (Phi) is 2.81. The maximum atomic E-state index is 2.58. The number of benzene rings is 1. The van der Waals surface area contributed by atoms with Crippen molar-refractivity contribution in [1.82, 2.24) is 0 Å². The zero-order valence-electron chi connectivity index (χ0n) is 12.2. The van der Waals surface area contributed by atoms with Crippen LogP contribution in [0.2, 0.25) is 18.1 Å². The Hall–Kier alpha value is -0.563. The van der Waals surface area contributed by atoms with E-state index in [-0.39, 0.29) is 0 Å². The summed E-state index contributed by atoms with van der Waals surface area (Å²) in [5.74, 6) is 0. The van der Waals surface area contributed by atoms with Crippen LogP contribution in [0.25, 0.3) is 0 Å². The average Bonchev–Trinajstić information content (AvgIpc) is 2.37. The molecule has 1 aromatic carbocycles. The van der Waals surface area contributed by atoms with Crippen molar-refractivity contribution in [1.29, 1.82) is 0 Å². The van der Waals surface area contributed by atoms with Gasteiger partial charge in [0.1, 0.15) is 0 Å². The van der Waals surface area contributed by atoms with Crippen molar-refractivity contribution in [3.05, 3.63) is 35.9 Å². The third kappa shape index (κ3) is 1.70. The van der Waals surface area contributed by atoms with E-state index in [2.05, 4.69) is 71.1 Å². The Morgan fingerprint density at radius 3 is 1.94 bits per heavy atom. The first-order valence-electron chi connectivity index (χ1n) is 6.75. The summed E-state index contributed by atoms with van der Waals surface area (Å²) in [6.45, 7) is 15.1. The Labute approximate surface area is 107 Å². The van der Waals surface area contributed by atoms with Crippen LogP contribution in [0.3, 0.4) is 0 Å². The molecule has 1 aromatic rings. The van der Waals surface area contributed by atoms with Gasteiger partial charge in [0.15, 0.2) is 0 Å². The maximum Gasteiger partial charge on any atom is 0.0613 e. The third-order valence-corrected chi connectivity index (χ3v) is 12.3. The standard InChI is InChI=1S/C16H26Si/c1-15(2)12-14(13-10-8-7-9-11-13)17(5,6)16(15,3)4/h7-11,14H,12H2,1-6H3. The van der Waals surface area contributed by atoms with Crippen LogP contribution in [0.15, 0.2) is 30.3 Å². The first-order chi connectivity index (χ1) is 7.70. The van der Waals surface area contributed by atoms with Gasteiger partial charge < -0.3 is 0 Å². The first kappa shape index (κ1) is 12.9. The Balaban J connectivity index is 2.46. The van der Waals surface area contributed by atoms with Gasteiger partial charge in [-0.1, -0.05) is 71.1 Å². The molecule has 1 unspecified atom stereocenters. The summed E-state index contributed by atoms with van der Waals surface area (Å²) in [6, 6.07) is 11.2. The molecule has 2 rings (SSSR count). The Morgan fingerprint density at radius 1 is 1.00 bits per heavy atom. The highest BCUT2D eigenvalue weighted by atomic mass is 28.3. The van der Waals surface area contributed by atoms with Gasteiger partial charge in [-0.2, -0.15) is 0 Å². The second-order valence-corrected chi connectivity index (χ2v) is 12.8. The van der Waals surface area contributed by atoms with E-state index in [1.807, 2.05) is 0 Å². The summed E-state index contributed by atoms with van der Waals surface area (Å²) in [4.78, 5) is 0. The van der Waals surface area contributed by atoms with Gasteiger partial charge in [-0.25, -0.2) is 0 Å². The van der Waals surface area contributed by atoms with Crippen LogP contribution >= 0.6 is 0 Å². The Bertz CT molecular complexity index is 401. The van der Waals surface area contributed by atoms with Crippen molar-refractivity contribution in [2.75, 3.05) is 0 Å². The van der Waals surface area contributed by atoms with Crippen molar-refractivity contribution in [2.24, 2.45) is 5.41 Å². The van der Waals surface area contributed by atoms with Crippen LogP contribution < -0.4 is 0 Å². The normalized spacial score (nSPS) is 29.2. The maximum absolute atomic E-state index is 2.58. The molecule has 1 heteroatoms. The van der Waals surface area contributed by atoms with E-state index >= 15 is 0 Å². The lowest BCUT2D eigenvalue weighted by Crippen LogP contribution is -2.42. The number of hydrogen-bond donors (Lipinski definition) is 0. The molecule has 1 aliphatic heterocycles. The SMILES string of the molecule is CC1(C)CC(c2ccccc2)[Si](C)(C)C1(C)C. The van der Waals surface area contributed by atoms with E-state index in [0.717, 1.165) is 5.54 Å². The fourth-order valence-electron chi connectivity index (χ4n) is 3.55. The van der Waals surface area contributed by atoms with Gasteiger partial charge in [0, 0.05) is 0 Å². The average molecular weight is 246 g/mol. The lowest BCUT2D eigenvalue weighted by atomic mass is 9.76. The van der Waals surface area contributed by atoms with E-state index < -0.39 is 8.07 Å². The molecule has 1 heterocycles. The summed E-state index contributed by atoms with van der Waals surface area (Å²) >= 11 is 0. The second kappa shape index (κ2) is 3.71. The minimum atomic E-state index is -1.27. The third-order valence-electron chi connectivity index (χ3n) is 6.09. The van der Waals surface area contributed by atoms with Gasteiger partial charge in [-0.05, 0) is 28.0 Å². The Morgan fingerprint density at radius 2 is 1.53 bits per heavy atom. The highest BCUT2D eigenvalue weighted by molar-refractivity contribution is 6.82. The molecule has 0 amide bonds. The molecule has 0 nitrogen and oxygen atoms in total. The fourth-order valence-corrected chi connectivity index (χ4v) is 8.31. The van der Waals surface area contributed by atoms with Crippen LogP contribution in [-0.2, 0) is 0 Å². The van der Waals surface area contributed by atoms with Crippen LogP contribution in [0, 0.1) is 5.41 Å². The summed E-state index contributed by atoms with van der Waals surface area (Å²) in [6.07, 6.45) is 1.35. The van der Waals surface area contributed by atoms with Crippen molar-refractivity contribution >= 4 is 8.07 Å². The van der Waals surface area contributed by atoms with Crippen molar-refractivity contribution in [2.45, 2.75) is 57.8 Å². The molecular formula is C16H26Si. The second-order valence-electron chi connectivity index (χ2n) is 7.40. The van der Waals surface area contributed by atoms with Gasteiger partial charge in [0.2, 0.25) is 0 Å². The highest BCUT2D eigenvalue weighted by Gasteiger charge is 2.59. The van der Waals surface area contributed by atoms with Crippen molar-refractivity contribution < 1.29 is 0 Å². The lowest BCUT2D eigenvalue weighted by Gasteiger charge is -2.44. The molecule has 94 valence electrons. The van der Waals surface area contributed by atoms with Gasteiger partial charge in [0.25, 0.3) is 0 Å². The molecule has 1 atom stereocenters. The largest absolute Gasteiger partial charge is 0.0685 e. The minimum Gasteiger partial charge on any atom is -0.0685 e. The summed E-state index contributed by atoms with van der Waals surface area (Å²) in [7, 11) is -1.27. The van der Waals surface area contributed by atoms with Crippen molar-refractivity contribution in [3.63, 3.8) is 0 Å². The van der Waals surface area contributed by atoms with Gasteiger partial charge in [-0.15, -0.1) is 0 Å². The van der Waals surface area contributed by atoms with Crippen LogP contribution in [0.5, 0.6) is 0 Å². The predicted molar refractivity (Wildman–Crippen MR) is 79.1 cm³/mol. The molecule has 0 aromatic heterocycles. The van der Waals surface area contributed by atoms with E-state index in [1.165, 1.54) is 6.42 Å². The lowest BCUT2D eigenvalue weighted by molar-refractivity contribution is 0.269. The van der Waals surface area contributed by atoms with Gasteiger partial charge in [-0.3, -0.25) is 0 Å². The van der Waals surface area contributed by atoms with Gasteiger partial charge >= 0.3 is 0 Å². The number of hydrogen-bond acceptors (Lipinski definition) is 0. The zero-order chi connectivity index (χ0) is 12.9. The molecule has 0 aliphatic carbocycles. The van der Waals surface area contributed by atoms with Crippen LogP contribution in [0.1, 0.15) is 45.2 Å². The van der Waals surface area contributed by atoms with Crippen molar-refractivity contribution in [3.8, 4) is 0 Å². The molecule has 0 saturated carbocycles. The van der Waals surface area contributed by atoms with E-state index in [0.29, 0.717) is 10.5 Å². The van der Waals surface area contributed by atoms with E-state index in [9.17, 15) is 0 Å². The summed E-state index contributed by atoms with van der Waals surface area (Å²) < 4.78 is 0. The molecule has 0 spiro atoms. The zero-order valence-corrected chi connectivity index (χ0v) is 13.2. The molecule has 1 aliphatic rings. The topological polar surface area (TPSA) is 0 Å². The minimum absolute atomic E-state index is 0.462. The van der Waals surface area contributed by atoms with Crippen LogP contribution in [0.4, 0.5) is 0 Å². The smallest absolute Gasteiger partial charge is 0.0613 e. The molecule has 1 fully saturated rings. The molecular weight excluding hydrogens is 220 g/mol. The predicted octanol–water partition coefficient (Wildman–Crippen LogP) is 5.23. The first-order valence-corrected chi connectivity index (χ1v) is 9.83. The van der Waals surface area contributed by atoms with Gasteiger partial charge in [0.05, 0.1) is 8.07 Å². The van der Waals surface area contributed by atoms with E-state index in [4.69, 9.17) is 0 Å². The number of rotatable bonds is 1. The van der Waals surface area contributed by atoms with Crippen LogP contribution in [-0.4, -0.2) is 8.07 Å². The summed E-state index contributed by atoms with van der Waals surface area (Å²) in [5.41, 5.74) is 2.85. The van der Waals surface area contributed by atoms with E-state index in [1.54, 1.807) is 5.56 Å². The monoisotopic (exact) mass is 246 g/mol. The molecule has 0 radical (unpaired) electrons. The fraction of sp³-hybridized carbons (Fsp3) is 0.625. The molecule has 1 saturated heterocycles. The molecule has 0 bridgehead atoms. The molecule has 0 N–H and O–H groups in total.